The zero-order chi connectivity index (χ0) is 11.1. The summed E-state index contributed by atoms with van der Waals surface area (Å²) < 4.78 is 4.91. The van der Waals surface area contributed by atoms with Crippen molar-refractivity contribution in [1.82, 2.24) is 0 Å². The van der Waals surface area contributed by atoms with E-state index in [4.69, 9.17) is 4.74 Å². The largest absolute Gasteiger partial charge is 0.343 e. The first kappa shape index (κ1) is 12.2. The van der Waals surface area contributed by atoms with E-state index >= 15 is 0 Å². The van der Waals surface area contributed by atoms with Crippen LogP contribution in [0.5, 0.6) is 0 Å². The Bertz CT molecular complexity index is 269. The Morgan fingerprint density at radius 1 is 1.20 bits per heavy atom. The summed E-state index contributed by atoms with van der Waals surface area (Å²) in [5.41, 5.74) is 1.07. The van der Waals surface area contributed by atoms with Crippen LogP contribution < -0.4 is 0 Å². The van der Waals surface area contributed by atoms with E-state index in [0.717, 1.165) is 12.0 Å². The summed E-state index contributed by atoms with van der Waals surface area (Å²) in [7, 11) is 0. The van der Waals surface area contributed by atoms with Crippen molar-refractivity contribution in [1.29, 1.82) is 0 Å². The SMILES string of the molecule is CCCOC(O)(O)CCc1ccccc1. The molecule has 3 heteroatoms. The average molecular weight is 210 g/mol. The molecule has 0 saturated heterocycles. The fraction of sp³-hybridized carbons (Fsp3) is 0.500. The molecule has 0 radical (unpaired) electrons. The highest BCUT2D eigenvalue weighted by Gasteiger charge is 2.22. The van der Waals surface area contributed by atoms with Crippen molar-refractivity contribution in [3.63, 3.8) is 0 Å². The first-order valence-corrected chi connectivity index (χ1v) is 5.26. The predicted molar refractivity (Wildman–Crippen MR) is 58.2 cm³/mol. The summed E-state index contributed by atoms with van der Waals surface area (Å²) in [5.74, 6) is -1.99. The van der Waals surface area contributed by atoms with Crippen LogP contribution in [0.1, 0.15) is 25.3 Å². The summed E-state index contributed by atoms with van der Waals surface area (Å²) in [6.07, 6.45) is 1.56. The van der Waals surface area contributed by atoms with Gasteiger partial charge in [-0.05, 0) is 18.4 Å². The van der Waals surface area contributed by atoms with Crippen molar-refractivity contribution >= 4 is 0 Å². The lowest BCUT2D eigenvalue weighted by molar-refractivity contribution is -0.340. The van der Waals surface area contributed by atoms with Crippen molar-refractivity contribution in [2.75, 3.05) is 6.61 Å². The van der Waals surface area contributed by atoms with Gasteiger partial charge in [0.1, 0.15) is 0 Å². The molecule has 1 aromatic rings. The molecule has 1 aromatic carbocycles. The molecule has 0 saturated carbocycles. The quantitative estimate of drug-likeness (QED) is 0.702. The normalized spacial score (nSPS) is 11.7. The van der Waals surface area contributed by atoms with Crippen LogP contribution in [0.3, 0.4) is 0 Å². The molecule has 2 N–H and O–H groups in total. The number of aryl methyl sites for hydroxylation is 1. The van der Waals surface area contributed by atoms with Crippen LogP contribution in [0.4, 0.5) is 0 Å². The van der Waals surface area contributed by atoms with Crippen molar-refractivity contribution in [2.45, 2.75) is 32.2 Å². The second-order valence-corrected chi connectivity index (χ2v) is 3.58. The highest BCUT2D eigenvalue weighted by atomic mass is 16.8. The van der Waals surface area contributed by atoms with Gasteiger partial charge in [0.25, 0.3) is 5.97 Å². The summed E-state index contributed by atoms with van der Waals surface area (Å²) in [5, 5.41) is 18.9. The molecule has 0 unspecified atom stereocenters. The lowest BCUT2D eigenvalue weighted by atomic mass is 10.1. The second-order valence-electron chi connectivity index (χ2n) is 3.58. The molecular formula is C12H18O3. The van der Waals surface area contributed by atoms with Crippen LogP contribution in [0.25, 0.3) is 0 Å². The van der Waals surface area contributed by atoms with Crippen LogP contribution in [0.15, 0.2) is 30.3 Å². The Hall–Kier alpha value is -0.900. The van der Waals surface area contributed by atoms with Crippen molar-refractivity contribution in [3.8, 4) is 0 Å². The predicted octanol–water partition coefficient (Wildman–Crippen LogP) is 1.68. The fourth-order valence-corrected chi connectivity index (χ4v) is 1.29. The molecule has 0 aliphatic rings. The van der Waals surface area contributed by atoms with Crippen LogP contribution in [0.2, 0.25) is 0 Å². The van der Waals surface area contributed by atoms with Crippen LogP contribution in [-0.2, 0) is 11.2 Å². The van der Waals surface area contributed by atoms with E-state index in [0.29, 0.717) is 13.0 Å². The van der Waals surface area contributed by atoms with Gasteiger partial charge in [0, 0.05) is 6.42 Å². The van der Waals surface area contributed by atoms with Gasteiger partial charge < -0.3 is 14.9 Å². The first-order valence-electron chi connectivity index (χ1n) is 5.26. The average Bonchev–Trinajstić information content (AvgIpc) is 2.25. The first-order chi connectivity index (χ1) is 7.14. The summed E-state index contributed by atoms with van der Waals surface area (Å²) in [6.45, 7) is 2.29. The van der Waals surface area contributed by atoms with E-state index in [1.54, 1.807) is 0 Å². The number of ether oxygens (including phenoxy) is 1. The topological polar surface area (TPSA) is 49.7 Å². The Morgan fingerprint density at radius 2 is 1.87 bits per heavy atom. The van der Waals surface area contributed by atoms with E-state index in [-0.39, 0.29) is 6.42 Å². The summed E-state index contributed by atoms with van der Waals surface area (Å²) in [6, 6.07) is 9.70. The van der Waals surface area contributed by atoms with E-state index in [1.165, 1.54) is 0 Å². The molecule has 0 heterocycles. The highest BCUT2D eigenvalue weighted by molar-refractivity contribution is 5.14. The lowest BCUT2D eigenvalue weighted by Crippen LogP contribution is -2.32. The molecule has 0 spiro atoms. The fourth-order valence-electron chi connectivity index (χ4n) is 1.29. The molecule has 0 aromatic heterocycles. The molecule has 0 amide bonds. The van der Waals surface area contributed by atoms with Gasteiger partial charge in [-0.25, -0.2) is 0 Å². The Morgan fingerprint density at radius 3 is 2.47 bits per heavy atom. The number of hydrogen-bond acceptors (Lipinski definition) is 3. The van der Waals surface area contributed by atoms with E-state index in [9.17, 15) is 10.2 Å². The Kier molecular flexibility index (Phi) is 4.75. The van der Waals surface area contributed by atoms with Crippen molar-refractivity contribution in [2.24, 2.45) is 0 Å². The maximum absolute atomic E-state index is 9.44. The Labute approximate surface area is 90.3 Å². The van der Waals surface area contributed by atoms with Gasteiger partial charge in [0.15, 0.2) is 0 Å². The third kappa shape index (κ3) is 4.93. The second kappa shape index (κ2) is 5.85. The molecular weight excluding hydrogens is 192 g/mol. The van der Waals surface area contributed by atoms with E-state index < -0.39 is 5.97 Å². The van der Waals surface area contributed by atoms with Gasteiger partial charge in [-0.2, -0.15) is 0 Å². The summed E-state index contributed by atoms with van der Waals surface area (Å²) in [4.78, 5) is 0. The molecule has 0 fully saturated rings. The number of benzene rings is 1. The van der Waals surface area contributed by atoms with Gasteiger partial charge >= 0.3 is 0 Å². The van der Waals surface area contributed by atoms with Crippen molar-refractivity contribution < 1.29 is 14.9 Å². The summed E-state index contributed by atoms with van der Waals surface area (Å²) >= 11 is 0. The molecule has 3 nitrogen and oxygen atoms in total. The zero-order valence-corrected chi connectivity index (χ0v) is 9.02. The van der Waals surface area contributed by atoms with E-state index in [1.807, 2.05) is 37.3 Å². The third-order valence-electron chi connectivity index (χ3n) is 2.12. The molecule has 0 aliphatic carbocycles. The molecule has 15 heavy (non-hydrogen) atoms. The standard InChI is InChI=1S/C12H18O3/c1-2-10-15-12(13,14)9-8-11-6-4-3-5-7-11/h3-7,13-14H,2,8-10H2,1H3. The molecule has 1 rings (SSSR count). The van der Waals surface area contributed by atoms with Crippen LogP contribution >= 0.6 is 0 Å². The monoisotopic (exact) mass is 210 g/mol. The maximum atomic E-state index is 9.44. The van der Waals surface area contributed by atoms with Gasteiger partial charge in [0.2, 0.25) is 0 Å². The molecule has 0 aliphatic heterocycles. The number of hydrogen-bond donors (Lipinski definition) is 2. The van der Waals surface area contributed by atoms with Crippen molar-refractivity contribution in [3.05, 3.63) is 35.9 Å². The molecule has 0 bridgehead atoms. The molecule has 0 atom stereocenters. The minimum Gasteiger partial charge on any atom is -0.343 e. The zero-order valence-electron chi connectivity index (χ0n) is 9.02. The van der Waals surface area contributed by atoms with Gasteiger partial charge in [-0.1, -0.05) is 37.3 Å². The molecule has 84 valence electrons. The van der Waals surface area contributed by atoms with Crippen LogP contribution in [-0.4, -0.2) is 22.8 Å². The van der Waals surface area contributed by atoms with Crippen LogP contribution in [0, 0.1) is 0 Å². The minimum atomic E-state index is -1.99. The maximum Gasteiger partial charge on any atom is 0.278 e. The lowest BCUT2D eigenvalue weighted by Gasteiger charge is -2.21. The number of aliphatic hydroxyl groups is 2. The third-order valence-corrected chi connectivity index (χ3v) is 2.12. The Balaban J connectivity index is 2.35. The van der Waals surface area contributed by atoms with E-state index in [2.05, 4.69) is 0 Å². The highest BCUT2D eigenvalue weighted by Crippen LogP contribution is 2.13. The number of rotatable bonds is 6. The smallest absolute Gasteiger partial charge is 0.278 e. The minimum absolute atomic E-state index is 0.191. The van der Waals surface area contributed by atoms with Gasteiger partial charge in [0.05, 0.1) is 6.61 Å². The van der Waals surface area contributed by atoms with Gasteiger partial charge in [-0.15, -0.1) is 0 Å². The van der Waals surface area contributed by atoms with Gasteiger partial charge in [-0.3, -0.25) is 0 Å².